The number of hydrogen-bond acceptors (Lipinski definition) is 6. The predicted octanol–water partition coefficient (Wildman–Crippen LogP) is 3.10. The lowest BCUT2D eigenvalue weighted by Crippen LogP contribution is -2.49. The number of likely N-dealkylation sites (tertiary alicyclic amines) is 1. The van der Waals surface area contributed by atoms with Gasteiger partial charge in [0.1, 0.15) is 5.01 Å². The van der Waals surface area contributed by atoms with Crippen LogP contribution in [0.5, 0.6) is 0 Å². The van der Waals surface area contributed by atoms with E-state index in [2.05, 4.69) is 13.0 Å². The van der Waals surface area contributed by atoms with Crippen molar-refractivity contribution in [2.45, 2.75) is 32.2 Å². The molecular formula is C24H24N4O3S. The van der Waals surface area contributed by atoms with Crippen LogP contribution in [0.15, 0.2) is 42.5 Å². The van der Waals surface area contributed by atoms with Crippen molar-refractivity contribution in [2.75, 3.05) is 18.0 Å². The number of carbonyl (C=O) groups excluding carboxylic acids is 3. The van der Waals surface area contributed by atoms with E-state index in [0.717, 1.165) is 33.6 Å². The second-order valence-corrected chi connectivity index (χ2v) is 9.59. The molecule has 3 aromatic rings. The fourth-order valence-electron chi connectivity index (χ4n) is 4.60. The van der Waals surface area contributed by atoms with Crippen molar-refractivity contribution in [1.29, 1.82) is 0 Å². The summed E-state index contributed by atoms with van der Waals surface area (Å²) in [7, 11) is 0. The maximum absolute atomic E-state index is 13.1. The molecule has 0 radical (unpaired) electrons. The van der Waals surface area contributed by atoms with Crippen molar-refractivity contribution in [1.82, 2.24) is 9.88 Å². The highest BCUT2D eigenvalue weighted by atomic mass is 32.1. The lowest BCUT2D eigenvalue weighted by Gasteiger charge is -2.34. The number of anilines is 1. The zero-order valence-corrected chi connectivity index (χ0v) is 18.6. The molecule has 0 saturated carbocycles. The maximum atomic E-state index is 13.1. The zero-order valence-electron chi connectivity index (χ0n) is 17.8. The number of aromatic nitrogens is 1. The van der Waals surface area contributed by atoms with Crippen molar-refractivity contribution in [2.24, 2.45) is 11.7 Å². The average molecular weight is 449 g/mol. The first-order chi connectivity index (χ1) is 15.4. The Bertz CT molecular complexity index is 1220. The van der Waals surface area contributed by atoms with Gasteiger partial charge < -0.3 is 5.73 Å². The lowest BCUT2D eigenvalue weighted by molar-refractivity contribution is -0.127. The normalized spacial score (nSPS) is 22.1. The minimum Gasteiger partial charge on any atom is -0.369 e. The molecule has 0 aliphatic carbocycles. The highest BCUT2D eigenvalue weighted by Crippen LogP contribution is 2.33. The van der Waals surface area contributed by atoms with Gasteiger partial charge in [-0.15, -0.1) is 11.3 Å². The molecule has 2 fully saturated rings. The Morgan fingerprint density at radius 2 is 1.94 bits per heavy atom. The Hall–Kier alpha value is -3.10. The summed E-state index contributed by atoms with van der Waals surface area (Å²) in [6, 6.07) is 13.1. The first-order valence-corrected chi connectivity index (χ1v) is 11.6. The summed E-state index contributed by atoms with van der Waals surface area (Å²) < 4.78 is 1.13. The zero-order chi connectivity index (χ0) is 22.4. The molecule has 0 bridgehead atoms. The topological polar surface area (TPSA) is 96.6 Å². The minimum absolute atomic E-state index is 0.128. The number of piperidine rings is 1. The molecule has 0 spiro atoms. The van der Waals surface area contributed by atoms with Gasteiger partial charge in [-0.25, -0.2) is 9.88 Å². The average Bonchev–Trinajstić information content (AvgIpc) is 3.34. The van der Waals surface area contributed by atoms with Gasteiger partial charge in [0.05, 0.1) is 34.3 Å². The number of benzene rings is 2. The van der Waals surface area contributed by atoms with Crippen molar-refractivity contribution < 1.29 is 14.4 Å². The van der Waals surface area contributed by atoms with E-state index in [0.29, 0.717) is 18.8 Å². The molecule has 2 aliphatic rings. The fraction of sp³-hybridized carbons (Fsp3) is 0.333. The molecule has 164 valence electrons. The highest BCUT2D eigenvalue weighted by molar-refractivity contribution is 7.21. The molecule has 7 nitrogen and oxygen atoms in total. The van der Waals surface area contributed by atoms with E-state index in [-0.39, 0.29) is 30.1 Å². The van der Waals surface area contributed by atoms with Crippen LogP contribution < -0.4 is 10.6 Å². The summed E-state index contributed by atoms with van der Waals surface area (Å²) >= 11 is 1.62. The van der Waals surface area contributed by atoms with E-state index in [1.807, 2.05) is 29.2 Å². The number of nitrogens with two attached hydrogens (primary N) is 1. The lowest BCUT2D eigenvalue weighted by atomic mass is 9.96. The Morgan fingerprint density at radius 1 is 1.16 bits per heavy atom. The van der Waals surface area contributed by atoms with Gasteiger partial charge in [-0.1, -0.05) is 6.07 Å². The molecule has 8 heteroatoms. The number of fused-ring (bicyclic) bond motifs is 1. The van der Waals surface area contributed by atoms with Crippen LogP contribution in [-0.2, 0) is 14.4 Å². The van der Waals surface area contributed by atoms with Crippen LogP contribution in [0.25, 0.3) is 20.8 Å². The Labute approximate surface area is 189 Å². The summed E-state index contributed by atoms with van der Waals surface area (Å²) in [6.07, 6.45) is 1.66. The van der Waals surface area contributed by atoms with Gasteiger partial charge in [-0.05, 0) is 68.3 Å². The number of amides is 3. The summed E-state index contributed by atoms with van der Waals surface area (Å²) in [5, 5.41) is 0.903. The first kappa shape index (κ1) is 20.8. The second kappa shape index (κ2) is 8.11. The van der Waals surface area contributed by atoms with Gasteiger partial charge in [0, 0.05) is 12.1 Å². The third-order valence-electron chi connectivity index (χ3n) is 6.34. The molecule has 2 atom stereocenters. The number of nitrogens with zero attached hydrogens (tertiary/aromatic N) is 3. The van der Waals surface area contributed by atoms with Crippen molar-refractivity contribution in [3.63, 3.8) is 0 Å². The molecule has 32 heavy (non-hydrogen) atoms. The Morgan fingerprint density at radius 3 is 2.69 bits per heavy atom. The molecule has 1 aromatic heterocycles. The van der Waals surface area contributed by atoms with E-state index in [1.165, 1.54) is 10.5 Å². The third kappa shape index (κ3) is 3.69. The van der Waals surface area contributed by atoms with Gasteiger partial charge in [0.2, 0.25) is 11.8 Å². The first-order valence-electron chi connectivity index (χ1n) is 10.8. The quantitative estimate of drug-likeness (QED) is 0.619. The van der Waals surface area contributed by atoms with Crippen LogP contribution >= 0.6 is 11.3 Å². The van der Waals surface area contributed by atoms with Crippen molar-refractivity contribution in [3.05, 3.63) is 48.0 Å². The molecule has 3 heterocycles. The van der Waals surface area contributed by atoms with Gasteiger partial charge in [-0.3, -0.25) is 19.3 Å². The number of aryl methyl sites for hydroxylation is 1. The Kier molecular flexibility index (Phi) is 5.27. The maximum Gasteiger partial charge on any atom is 0.251 e. The SMILES string of the molecule is Cc1ccc2nc(-c3ccc(N4C(=O)C[C@@H](N5CCC[C@@H](C(N)=O)C5)C4=O)cc3)sc2c1. The van der Waals surface area contributed by atoms with Crippen LogP contribution in [0.2, 0.25) is 0 Å². The van der Waals surface area contributed by atoms with E-state index >= 15 is 0 Å². The fourth-order valence-corrected chi connectivity index (χ4v) is 5.67. The number of rotatable bonds is 4. The van der Waals surface area contributed by atoms with Gasteiger partial charge in [0.15, 0.2) is 0 Å². The number of carbonyl (C=O) groups is 3. The second-order valence-electron chi connectivity index (χ2n) is 8.56. The number of hydrogen-bond donors (Lipinski definition) is 1. The minimum atomic E-state index is -0.531. The Balaban J connectivity index is 1.36. The molecule has 0 unspecified atom stereocenters. The molecule has 2 saturated heterocycles. The van der Waals surface area contributed by atoms with Gasteiger partial charge >= 0.3 is 0 Å². The molecule has 5 rings (SSSR count). The summed E-state index contributed by atoms with van der Waals surface area (Å²) in [6.45, 7) is 3.18. The molecule has 2 aromatic carbocycles. The molecule has 3 amide bonds. The van der Waals surface area contributed by atoms with Crippen LogP contribution in [0.4, 0.5) is 5.69 Å². The van der Waals surface area contributed by atoms with Gasteiger partial charge in [0.25, 0.3) is 5.91 Å². The number of thiazole rings is 1. The largest absolute Gasteiger partial charge is 0.369 e. The summed E-state index contributed by atoms with van der Waals surface area (Å²) in [5.74, 6) is -1.06. The number of imide groups is 1. The van der Waals surface area contributed by atoms with Crippen LogP contribution in [0, 0.1) is 12.8 Å². The predicted molar refractivity (Wildman–Crippen MR) is 124 cm³/mol. The summed E-state index contributed by atoms with van der Waals surface area (Å²) in [4.78, 5) is 45.4. The monoisotopic (exact) mass is 448 g/mol. The molecule has 2 aliphatic heterocycles. The molecular weight excluding hydrogens is 424 g/mol. The summed E-state index contributed by atoms with van der Waals surface area (Å²) in [5.41, 5.74) is 9.14. The third-order valence-corrected chi connectivity index (χ3v) is 7.40. The van der Waals surface area contributed by atoms with Crippen LogP contribution in [-0.4, -0.2) is 46.7 Å². The standard InChI is InChI=1S/C24H24N4O3S/c1-14-4-9-18-20(11-14)32-23(26-18)15-5-7-17(8-6-15)28-21(29)12-19(24(28)31)27-10-2-3-16(13-27)22(25)30/h4-9,11,16,19H,2-3,10,12-13H2,1H3,(H2,25,30)/t16-,19-/m1/s1. The van der Waals surface area contributed by atoms with Crippen molar-refractivity contribution >= 4 is 45.0 Å². The highest BCUT2D eigenvalue weighted by Gasteiger charge is 2.44. The number of primary amides is 1. The van der Waals surface area contributed by atoms with E-state index < -0.39 is 6.04 Å². The van der Waals surface area contributed by atoms with Crippen molar-refractivity contribution in [3.8, 4) is 10.6 Å². The van der Waals surface area contributed by atoms with Crippen LogP contribution in [0.3, 0.4) is 0 Å². The van der Waals surface area contributed by atoms with E-state index in [4.69, 9.17) is 10.7 Å². The van der Waals surface area contributed by atoms with E-state index in [1.54, 1.807) is 23.5 Å². The van der Waals surface area contributed by atoms with Crippen LogP contribution in [0.1, 0.15) is 24.8 Å². The van der Waals surface area contributed by atoms with E-state index in [9.17, 15) is 14.4 Å². The van der Waals surface area contributed by atoms with Gasteiger partial charge in [-0.2, -0.15) is 0 Å². The molecule has 2 N–H and O–H groups in total. The smallest absolute Gasteiger partial charge is 0.251 e.